The van der Waals surface area contributed by atoms with Gasteiger partial charge in [-0.25, -0.2) is 28.1 Å². The highest BCUT2D eigenvalue weighted by Gasteiger charge is 2.23. The minimum atomic E-state index is -2.89. The molecule has 3 aromatic rings. The van der Waals surface area contributed by atoms with E-state index in [2.05, 4.69) is 43.9 Å². The minimum Gasteiger partial charge on any atom is -0.363 e. The standard InChI is InChI=1S/C25H30ClF3N6/c1-14(2)35-10-8-34(9-11-35)13-17-12-20-24(31-16(4)32-25(20)33-22(17)26)30-15(3)18-6-5-7-19(21(18)27)23(28)29/h5-7,12,14-15,23H,8-11,13H2,1-4H3,(H,30,31,32,33)/t15-/m1/s1. The molecule has 10 heteroatoms. The zero-order valence-electron chi connectivity index (χ0n) is 20.3. The normalized spacial score (nSPS) is 16.4. The van der Waals surface area contributed by atoms with Gasteiger partial charge in [-0.2, -0.15) is 0 Å². The second-order valence-corrected chi connectivity index (χ2v) is 9.61. The number of hydrogen-bond acceptors (Lipinski definition) is 6. The van der Waals surface area contributed by atoms with Crippen molar-refractivity contribution in [3.05, 3.63) is 57.8 Å². The van der Waals surface area contributed by atoms with E-state index >= 15 is 0 Å². The monoisotopic (exact) mass is 506 g/mol. The summed E-state index contributed by atoms with van der Waals surface area (Å²) in [6.45, 7) is 12.3. The number of fused-ring (bicyclic) bond motifs is 1. The highest BCUT2D eigenvalue weighted by molar-refractivity contribution is 6.30. The van der Waals surface area contributed by atoms with E-state index in [1.165, 1.54) is 12.1 Å². The number of nitrogens with one attached hydrogen (secondary N) is 1. The van der Waals surface area contributed by atoms with Gasteiger partial charge in [0.15, 0.2) is 5.65 Å². The predicted octanol–water partition coefficient (Wildman–Crippen LogP) is 5.76. The maximum Gasteiger partial charge on any atom is 0.266 e. The van der Waals surface area contributed by atoms with E-state index in [1.54, 1.807) is 13.8 Å². The third-order valence-corrected chi connectivity index (χ3v) is 6.80. The summed E-state index contributed by atoms with van der Waals surface area (Å²) >= 11 is 6.53. The Morgan fingerprint density at radius 3 is 2.37 bits per heavy atom. The molecule has 0 saturated carbocycles. The number of piperazine rings is 1. The molecular formula is C25H30ClF3N6. The molecule has 6 nitrogen and oxygen atoms in total. The third kappa shape index (κ3) is 5.68. The Bertz CT molecular complexity index is 1200. The largest absolute Gasteiger partial charge is 0.363 e. The lowest BCUT2D eigenvalue weighted by molar-refractivity contribution is 0.104. The van der Waals surface area contributed by atoms with Crippen molar-refractivity contribution in [1.29, 1.82) is 0 Å². The summed E-state index contributed by atoms with van der Waals surface area (Å²) in [6, 6.07) is 5.84. The van der Waals surface area contributed by atoms with Crippen LogP contribution in [-0.4, -0.2) is 57.0 Å². The van der Waals surface area contributed by atoms with E-state index in [9.17, 15) is 13.2 Å². The van der Waals surface area contributed by atoms with Crippen molar-refractivity contribution in [2.75, 3.05) is 31.5 Å². The molecule has 1 aliphatic heterocycles. The molecule has 3 heterocycles. The Hall–Kier alpha value is -2.49. The fourth-order valence-corrected chi connectivity index (χ4v) is 4.63. The summed E-state index contributed by atoms with van der Waals surface area (Å²) in [5.41, 5.74) is 0.795. The first-order chi connectivity index (χ1) is 16.6. The SMILES string of the molecule is Cc1nc(N[C@H](C)c2cccc(C(F)F)c2F)c2cc(CN3CCN(C(C)C)CC3)c(Cl)nc2n1. The van der Waals surface area contributed by atoms with Gasteiger partial charge in [-0.3, -0.25) is 9.80 Å². The average molecular weight is 507 g/mol. The van der Waals surface area contributed by atoms with Gasteiger partial charge in [-0.05, 0) is 33.8 Å². The van der Waals surface area contributed by atoms with Gasteiger partial charge in [0.05, 0.1) is 17.0 Å². The van der Waals surface area contributed by atoms with E-state index in [1.807, 2.05) is 6.07 Å². The molecule has 0 radical (unpaired) electrons. The maximum absolute atomic E-state index is 14.7. The Balaban J connectivity index is 1.62. The Labute approximate surface area is 208 Å². The number of anilines is 1. The molecule has 1 N–H and O–H groups in total. The van der Waals surface area contributed by atoms with Gasteiger partial charge in [0.2, 0.25) is 0 Å². The molecule has 4 rings (SSSR count). The molecule has 0 amide bonds. The van der Waals surface area contributed by atoms with Crippen LogP contribution in [0.15, 0.2) is 24.3 Å². The zero-order valence-corrected chi connectivity index (χ0v) is 21.1. The van der Waals surface area contributed by atoms with Crippen molar-refractivity contribution < 1.29 is 13.2 Å². The molecule has 0 spiro atoms. The molecule has 1 aliphatic rings. The Morgan fingerprint density at radius 1 is 1.03 bits per heavy atom. The van der Waals surface area contributed by atoms with Crippen LogP contribution in [0.4, 0.5) is 19.0 Å². The number of hydrogen-bond donors (Lipinski definition) is 1. The minimum absolute atomic E-state index is 0.136. The topological polar surface area (TPSA) is 57.2 Å². The van der Waals surface area contributed by atoms with Crippen LogP contribution < -0.4 is 5.32 Å². The molecular weight excluding hydrogens is 477 g/mol. The molecule has 2 aromatic heterocycles. The zero-order chi connectivity index (χ0) is 25.3. The number of alkyl halides is 2. The van der Waals surface area contributed by atoms with E-state index in [4.69, 9.17) is 11.6 Å². The van der Waals surface area contributed by atoms with E-state index in [0.29, 0.717) is 40.4 Å². The molecule has 0 aliphatic carbocycles. The van der Waals surface area contributed by atoms with E-state index < -0.39 is 23.8 Å². The first-order valence-corrected chi connectivity index (χ1v) is 12.1. The van der Waals surface area contributed by atoms with Gasteiger partial charge >= 0.3 is 0 Å². The maximum atomic E-state index is 14.7. The van der Waals surface area contributed by atoms with E-state index in [0.717, 1.165) is 37.8 Å². The summed E-state index contributed by atoms with van der Waals surface area (Å²) in [6.07, 6.45) is -2.89. The smallest absolute Gasteiger partial charge is 0.266 e. The summed E-state index contributed by atoms with van der Waals surface area (Å²) in [5.74, 6) is 0.00648. The number of halogens is 4. The summed E-state index contributed by atoms with van der Waals surface area (Å²) < 4.78 is 41.1. The highest BCUT2D eigenvalue weighted by Crippen LogP contribution is 2.31. The molecule has 188 valence electrons. The number of benzene rings is 1. The van der Waals surface area contributed by atoms with Crippen LogP contribution in [0.25, 0.3) is 11.0 Å². The predicted molar refractivity (Wildman–Crippen MR) is 132 cm³/mol. The van der Waals surface area contributed by atoms with Crippen molar-refractivity contribution >= 4 is 28.5 Å². The lowest BCUT2D eigenvalue weighted by Crippen LogP contribution is -2.48. The van der Waals surface area contributed by atoms with Crippen molar-refractivity contribution in [3.8, 4) is 0 Å². The lowest BCUT2D eigenvalue weighted by Gasteiger charge is -2.37. The van der Waals surface area contributed by atoms with Crippen molar-refractivity contribution in [2.45, 2.75) is 52.7 Å². The van der Waals surface area contributed by atoms with Crippen LogP contribution in [0.3, 0.4) is 0 Å². The molecule has 1 aromatic carbocycles. The van der Waals surface area contributed by atoms with Crippen molar-refractivity contribution in [1.82, 2.24) is 24.8 Å². The van der Waals surface area contributed by atoms with Crippen LogP contribution in [-0.2, 0) is 6.54 Å². The fraction of sp³-hybridized carbons (Fsp3) is 0.480. The summed E-state index contributed by atoms with van der Waals surface area (Å²) in [5, 5.41) is 4.21. The summed E-state index contributed by atoms with van der Waals surface area (Å²) in [4.78, 5) is 18.2. The first-order valence-electron chi connectivity index (χ1n) is 11.8. The second-order valence-electron chi connectivity index (χ2n) is 9.25. The van der Waals surface area contributed by atoms with E-state index in [-0.39, 0.29) is 5.56 Å². The quantitative estimate of drug-likeness (QED) is 0.411. The van der Waals surface area contributed by atoms with Gasteiger partial charge in [0, 0.05) is 49.9 Å². The fourth-order valence-electron chi connectivity index (χ4n) is 4.44. The van der Waals surface area contributed by atoms with Crippen molar-refractivity contribution in [2.24, 2.45) is 0 Å². The lowest BCUT2D eigenvalue weighted by atomic mass is 10.0. The van der Waals surface area contributed by atoms with Gasteiger partial charge < -0.3 is 5.32 Å². The third-order valence-electron chi connectivity index (χ3n) is 6.47. The highest BCUT2D eigenvalue weighted by atomic mass is 35.5. The van der Waals surface area contributed by atoms with Crippen LogP contribution in [0, 0.1) is 12.7 Å². The van der Waals surface area contributed by atoms with Gasteiger partial charge in [0.1, 0.15) is 22.6 Å². The molecule has 35 heavy (non-hydrogen) atoms. The number of pyridine rings is 1. The second kappa shape index (κ2) is 10.6. The van der Waals surface area contributed by atoms with Gasteiger partial charge in [-0.1, -0.05) is 29.8 Å². The van der Waals surface area contributed by atoms with Crippen LogP contribution in [0.5, 0.6) is 0 Å². The van der Waals surface area contributed by atoms with Crippen LogP contribution >= 0.6 is 11.6 Å². The van der Waals surface area contributed by atoms with Crippen LogP contribution in [0.2, 0.25) is 5.15 Å². The number of aromatic nitrogens is 3. The number of aryl methyl sites for hydroxylation is 1. The molecule has 0 bridgehead atoms. The van der Waals surface area contributed by atoms with Crippen molar-refractivity contribution in [3.63, 3.8) is 0 Å². The Kier molecular flexibility index (Phi) is 7.78. The number of rotatable bonds is 7. The Morgan fingerprint density at radius 2 is 1.71 bits per heavy atom. The summed E-state index contributed by atoms with van der Waals surface area (Å²) in [7, 11) is 0. The van der Waals surface area contributed by atoms with Gasteiger partial charge in [0.25, 0.3) is 6.43 Å². The number of nitrogens with zero attached hydrogens (tertiary/aromatic N) is 5. The van der Waals surface area contributed by atoms with Gasteiger partial charge in [-0.15, -0.1) is 0 Å². The first kappa shape index (κ1) is 25.6. The molecule has 1 atom stereocenters. The van der Waals surface area contributed by atoms with Crippen LogP contribution in [0.1, 0.15) is 55.8 Å². The molecule has 1 fully saturated rings. The average Bonchev–Trinajstić information content (AvgIpc) is 2.80. The molecule has 0 unspecified atom stereocenters. The molecule has 1 saturated heterocycles.